The highest BCUT2D eigenvalue weighted by atomic mass is 19.1. The highest BCUT2D eigenvalue weighted by molar-refractivity contribution is 5.83. The minimum absolute atomic E-state index is 0.0598. The molecule has 7 heteroatoms. The number of carbonyl (C=O) groups is 1. The van der Waals surface area contributed by atoms with E-state index in [0.29, 0.717) is 24.2 Å². The molecule has 3 heterocycles. The number of fused-ring (bicyclic) bond motifs is 1. The second-order valence-electron chi connectivity index (χ2n) is 10.2. The zero-order valence-corrected chi connectivity index (χ0v) is 21.7. The summed E-state index contributed by atoms with van der Waals surface area (Å²) in [7, 11) is 1.60. The summed E-state index contributed by atoms with van der Waals surface area (Å²) in [5.74, 6) is 0.197. The second kappa shape index (κ2) is 13.5. The molecule has 1 fully saturated rings. The molecule has 1 aromatic carbocycles. The van der Waals surface area contributed by atoms with E-state index in [9.17, 15) is 9.90 Å². The number of aryl methyl sites for hydroxylation is 1. The van der Waals surface area contributed by atoms with Crippen LogP contribution in [0.3, 0.4) is 0 Å². The lowest BCUT2D eigenvalue weighted by atomic mass is 9.79. The third-order valence-corrected chi connectivity index (χ3v) is 7.71. The Morgan fingerprint density at radius 2 is 1.97 bits per heavy atom. The van der Waals surface area contributed by atoms with E-state index in [-0.39, 0.29) is 18.3 Å². The maximum atomic E-state index is 15.5. The summed E-state index contributed by atoms with van der Waals surface area (Å²) in [6.07, 6.45) is 10.8. The number of aliphatic carboxylic acids is 1. The molecule has 1 N–H and O–H groups in total. The van der Waals surface area contributed by atoms with Crippen LogP contribution in [-0.4, -0.2) is 52.7 Å². The Morgan fingerprint density at radius 3 is 2.76 bits per heavy atom. The number of halogens is 1. The predicted octanol–water partition coefficient (Wildman–Crippen LogP) is 6.26. The number of nitrogens with zero attached hydrogens (tertiary/aromatic N) is 3. The first-order chi connectivity index (χ1) is 18.0. The summed E-state index contributed by atoms with van der Waals surface area (Å²) in [6.45, 7) is 2.74. The Hall–Kier alpha value is -3.06. The molecule has 1 unspecified atom stereocenters. The number of aromatic nitrogens is 2. The van der Waals surface area contributed by atoms with E-state index in [2.05, 4.69) is 27.0 Å². The fourth-order valence-corrected chi connectivity index (χ4v) is 5.65. The summed E-state index contributed by atoms with van der Waals surface area (Å²) in [4.78, 5) is 22.4. The minimum Gasteiger partial charge on any atom is -0.497 e. The van der Waals surface area contributed by atoms with Gasteiger partial charge in [0.1, 0.15) is 11.9 Å². The van der Waals surface area contributed by atoms with Crippen LogP contribution in [0.1, 0.15) is 62.2 Å². The van der Waals surface area contributed by atoms with Crippen molar-refractivity contribution in [3.63, 3.8) is 0 Å². The van der Waals surface area contributed by atoms with Crippen molar-refractivity contribution in [2.45, 2.75) is 57.5 Å². The second-order valence-corrected chi connectivity index (χ2v) is 10.2. The zero-order valence-electron chi connectivity index (χ0n) is 21.7. The van der Waals surface area contributed by atoms with Crippen molar-refractivity contribution in [3.8, 4) is 5.75 Å². The van der Waals surface area contributed by atoms with Crippen molar-refractivity contribution in [2.75, 3.05) is 26.7 Å². The van der Waals surface area contributed by atoms with Crippen molar-refractivity contribution >= 4 is 16.9 Å². The van der Waals surface area contributed by atoms with Crippen LogP contribution in [0.25, 0.3) is 10.9 Å². The number of carboxylic acid groups (broad SMARTS) is 1. The maximum Gasteiger partial charge on any atom is 0.303 e. The number of unbranched alkanes of at least 4 members (excludes halogenated alkanes) is 2. The van der Waals surface area contributed by atoms with Crippen LogP contribution < -0.4 is 4.74 Å². The number of piperidine rings is 1. The van der Waals surface area contributed by atoms with Gasteiger partial charge >= 0.3 is 5.97 Å². The molecule has 3 aromatic rings. The van der Waals surface area contributed by atoms with Gasteiger partial charge < -0.3 is 14.7 Å². The van der Waals surface area contributed by atoms with Gasteiger partial charge in [-0.3, -0.25) is 14.8 Å². The molecule has 0 amide bonds. The Bertz CT molecular complexity index is 1140. The Kier molecular flexibility index (Phi) is 9.83. The molecular weight excluding hydrogens is 469 g/mol. The number of alkyl halides is 1. The van der Waals surface area contributed by atoms with E-state index in [1.807, 2.05) is 30.6 Å². The lowest BCUT2D eigenvalue weighted by Gasteiger charge is -2.38. The van der Waals surface area contributed by atoms with E-state index in [1.54, 1.807) is 19.4 Å². The number of pyridine rings is 2. The van der Waals surface area contributed by atoms with Gasteiger partial charge in [0.25, 0.3) is 0 Å². The van der Waals surface area contributed by atoms with Crippen LogP contribution in [0.15, 0.2) is 55.0 Å². The van der Waals surface area contributed by atoms with Crippen LogP contribution in [0.2, 0.25) is 0 Å². The number of methoxy groups -OCH3 is 1. The monoisotopic (exact) mass is 507 g/mol. The van der Waals surface area contributed by atoms with Gasteiger partial charge in [-0.25, -0.2) is 4.39 Å². The molecular formula is C30H38FN3O3. The van der Waals surface area contributed by atoms with Crippen molar-refractivity contribution in [1.29, 1.82) is 0 Å². The highest BCUT2D eigenvalue weighted by Crippen LogP contribution is 2.36. The third kappa shape index (κ3) is 7.71. The molecule has 0 aliphatic carbocycles. The average molecular weight is 508 g/mol. The molecule has 0 radical (unpaired) electrons. The van der Waals surface area contributed by atoms with Gasteiger partial charge in [-0.1, -0.05) is 6.42 Å². The first-order valence-corrected chi connectivity index (χ1v) is 13.4. The largest absolute Gasteiger partial charge is 0.497 e. The van der Waals surface area contributed by atoms with Crippen molar-refractivity contribution in [1.82, 2.24) is 14.9 Å². The van der Waals surface area contributed by atoms with Gasteiger partial charge in [0.05, 0.1) is 12.6 Å². The molecule has 3 atom stereocenters. The van der Waals surface area contributed by atoms with Crippen molar-refractivity contribution in [2.24, 2.45) is 11.8 Å². The first-order valence-electron chi connectivity index (χ1n) is 13.4. The van der Waals surface area contributed by atoms with Gasteiger partial charge in [-0.2, -0.15) is 0 Å². The van der Waals surface area contributed by atoms with Crippen LogP contribution in [0.4, 0.5) is 4.39 Å². The summed E-state index contributed by atoms with van der Waals surface area (Å²) in [5.41, 5.74) is 2.70. The van der Waals surface area contributed by atoms with Gasteiger partial charge in [0.15, 0.2) is 0 Å². The molecule has 1 saturated heterocycles. The van der Waals surface area contributed by atoms with Gasteiger partial charge in [0, 0.05) is 36.9 Å². The number of ether oxygens (including phenoxy) is 1. The fraction of sp³-hybridized carbons (Fsp3) is 0.500. The Balaban J connectivity index is 1.28. The Morgan fingerprint density at radius 1 is 1.14 bits per heavy atom. The summed E-state index contributed by atoms with van der Waals surface area (Å²) in [5, 5.41) is 10.3. The number of carboxylic acids is 1. The molecule has 37 heavy (non-hydrogen) atoms. The van der Waals surface area contributed by atoms with Gasteiger partial charge in [0.2, 0.25) is 0 Å². The number of hydrogen-bond acceptors (Lipinski definition) is 5. The molecule has 198 valence electrons. The number of rotatable bonds is 13. The van der Waals surface area contributed by atoms with Crippen molar-refractivity contribution in [3.05, 3.63) is 66.1 Å². The lowest BCUT2D eigenvalue weighted by molar-refractivity contribution is -0.139. The van der Waals surface area contributed by atoms with Crippen LogP contribution in [-0.2, 0) is 11.2 Å². The lowest BCUT2D eigenvalue weighted by Crippen LogP contribution is -2.41. The Labute approximate surface area is 218 Å². The summed E-state index contributed by atoms with van der Waals surface area (Å²) < 4.78 is 20.8. The highest BCUT2D eigenvalue weighted by Gasteiger charge is 2.31. The van der Waals surface area contributed by atoms with Crippen LogP contribution >= 0.6 is 0 Å². The number of benzene rings is 1. The number of likely N-dealkylation sites (tertiary alicyclic amines) is 1. The predicted molar refractivity (Wildman–Crippen MR) is 143 cm³/mol. The zero-order chi connectivity index (χ0) is 26.0. The smallest absolute Gasteiger partial charge is 0.303 e. The maximum absolute atomic E-state index is 15.5. The third-order valence-electron chi connectivity index (χ3n) is 7.71. The van der Waals surface area contributed by atoms with Gasteiger partial charge in [-0.05, 0) is 111 Å². The molecule has 2 aromatic heterocycles. The molecule has 0 saturated carbocycles. The number of hydrogen-bond donors (Lipinski definition) is 1. The van der Waals surface area contributed by atoms with Gasteiger partial charge in [-0.15, -0.1) is 0 Å². The SMILES string of the molecule is COc1ccc2nccc(C(F)CC[C@@H]3CCN(CCCCCc4ccncc4)C[C@@H]3CC(=O)O)c2c1. The fourth-order valence-electron chi connectivity index (χ4n) is 5.65. The first kappa shape index (κ1) is 27.0. The molecule has 4 rings (SSSR count). The normalized spacial score (nSPS) is 19.1. The van der Waals surface area contributed by atoms with Crippen LogP contribution in [0, 0.1) is 11.8 Å². The van der Waals surface area contributed by atoms with Crippen molar-refractivity contribution < 1.29 is 19.0 Å². The molecule has 0 bridgehead atoms. The van der Waals surface area contributed by atoms with E-state index < -0.39 is 12.1 Å². The van der Waals surface area contributed by atoms with E-state index in [4.69, 9.17) is 4.74 Å². The van der Waals surface area contributed by atoms with Crippen LogP contribution in [0.5, 0.6) is 5.75 Å². The molecule has 1 aliphatic rings. The summed E-state index contributed by atoms with van der Waals surface area (Å²) in [6, 6.07) is 11.4. The minimum atomic E-state index is -1.12. The van der Waals surface area contributed by atoms with E-state index in [0.717, 1.165) is 62.6 Å². The average Bonchev–Trinajstić information content (AvgIpc) is 2.91. The standard InChI is InChI=1S/C30H38FN3O3/c1-37-25-7-9-29-27(20-25)26(12-16-33-29)28(31)8-6-23-13-18-34(21-24(23)19-30(35)36)17-4-2-3-5-22-10-14-32-15-11-22/h7,9-12,14-16,20,23-24,28H,2-6,8,13,17-19,21H2,1H3,(H,35,36)/t23-,24+,28?/m1/s1. The van der Waals surface area contributed by atoms with E-state index >= 15 is 4.39 Å². The van der Waals surface area contributed by atoms with E-state index in [1.165, 1.54) is 5.56 Å². The quantitative estimate of drug-likeness (QED) is 0.276. The summed E-state index contributed by atoms with van der Waals surface area (Å²) >= 11 is 0. The molecule has 1 aliphatic heterocycles. The topological polar surface area (TPSA) is 75.5 Å². The molecule has 0 spiro atoms. The molecule has 6 nitrogen and oxygen atoms in total.